The van der Waals surface area contributed by atoms with E-state index in [0.717, 1.165) is 24.9 Å². The molecule has 1 aliphatic carbocycles. The van der Waals surface area contributed by atoms with Crippen molar-refractivity contribution in [2.24, 2.45) is 5.92 Å². The molecule has 0 aromatic heterocycles. The van der Waals surface area contributed by atoms with Gasteiger partial charge in [-0.25, -0.2) is 0 Å². The van der Waals surface area contributed by atoms with Crippen LogP contribution in [-0.2, 0) is 4.79 Å². The molecule has 1 aliphatic rings. The summed E-state index contributed by atoms with van der Waals surface area (Å²) in [7, 11) is 0. The largest absolute Gasteiger partial charge is 0.393 e. The van der Waals surface area contributed by atoms with E-state index < -0.39 is 0 Å². The topological polar surface area (TPSA) is 61.4 Å². The first-order valence-electron chi connectivity index (χ1n) is 7.44. The summed E-state index contributed by atoms with van der Waals surface area (Å²) in [6, 6.07) is 9.19. The Morgan fingerprint density at radius 1 is 1.30 bits per heavy atom. The quantitative estimate of drug-likeness (QED) is 0.772. The molecule has 0 radical (unpaired) electrons. The van der Waals surface area contributed by atoms with Gasteiger partial charge in [-0.05, 0) is 37.8 Å². The van der Waals surface area contributed by atoms with Crippen molar-refractivity contribution >= 4 is 11.6 Å². The van der Waals surface area contributed by atoms with Crippen LogP contribution in [0, 0.1) is 5.92 Å². The summed E-state index contributed by atoms with van der Waals surface area (Å²) in [4.78, 5) is 12.0. The molecule has 4 heteroatoms. The molecule has 0 spiro atoms. The van der Waals surface area contributed by atoms with Crippen LogP contribution in [0.2, 0.25) is 0 Å². The minimum Gasteiger partial charge on any atom is -0.393 e. The zero-order valence-electron chi connectivity index (χ0n) is 12.0. The fourth-order valence-electron chi connectivity index (χ4n) is 2.62. The minimum absolute atomic E-state index is 0.0403. The molecule has 0 heterocycles. The van der Waals surface area contributed by atoms with Crippen LogP contribution in [-0.4, -0.2) is 29.7 Å². The van der Waals surface area contributed by atoms with Crippen molar-refractivity contribution in [1.29, 1.82) is 0 Å². The SMILES string of the molecule is CC(NCC1CCCCC1O)C(=O)Nc1ccccc1. The highest BCUT2D eigenvalue weighted by Gasteiger charge is 2.24. The normalized spacial score (nSPS) is 24.1. The molecule has 0 saturated heterocycles. The Kier molecular flexibility index (Phi) is 5.56. The lowest BCUT2D eigenvalue weighted by Crippen LogP contribution is -2.43. The minimum atomic E-state index is -0.260. The lowest BCUT2D eigenvalue weighted by atomic mass is 9.86. The summed E-state index contributed by atoms with van der Waals surface area (Å²) >= 11 is 0. The van der Waals surface area contributed by atoms with Crippen LogP contribution in [0.25, 0.3) is 0 Å². The predicted molar refractivity (Wildman–Crippen MR) is 80.5 cm³/mol. The van der Waals surface area contributed by atoms with Crippen LogP contribution in [0.4, 0.5) is 5.69 Å². The Balaban J connectivity index is 1.76. The van der Waals surface area contributed by atoms with E-state index in [1.807, 2.05) is 37.3 Å². The van der Waals surface area contributed by atoms with Crippen LogP contribution < -0.4 is 10.6 Å². The van der Waals surface area contributed by atoms with Gasteiger partial charge in [0.1, 0.15) is 0 Å². The van der Waals surface area contributed by atoms with E-state index in [1.165, 1.54) is 6.42 Å². The maximum Gasteiger partial charge on any atom is 0.241 e. The third kappa shape index (κ3) is 4.32. The van der Waals surface area contributed by atoms with Crippen LogP contribution in [0.1, 0.15) is 32.6 Å². The number of benzene rings is 1. The Morgan fingerprint density at radius 3 is 2.70 bits per heavy atom. The molecule has 3 unspecified atom stereocenters. The van der Waals surface area contributed by atoms with Gasteiger partial charge in [-0.1, -0.05) is 31.0 Å². The average molecular weight is 276 g/mol. The molecule has 1 aromatic carbocycles. The van der Waals surface area contributed by atoms with Gasteiger partial charge < -0.3 is 15.7 Å². The Morgan fingerprint density at radius 2 is 2.00 bits per heavy atom. The van der Waals surface area contributed by atoms with E-state index in [4.69, 9.17) is 0 Å². The second kappa shape index (κ2) is 7.41. The number of aliphatic hydroxyl groups excluding tert-OH is 1. The number of hydrogen-bond donors (Lipinski definition) is 3. The molecule has 4 nitrogen and oxygen atoms in total. The fourth-order valence-corrected chi connectivity index (χ4v) is 2.62. The number of nitrogens with one attached hydrogen (secondary N) is 2. The molecule has 1 aromatic rings. The summed E-state index contributed by atoms with van der Waals surface area (Å²) in [5.74, 6) is 0.234. The lowest BCUT2D eigenvalue weighted by Gasteiger charge is -2.28. The molecule has 1 amide bonds. The highest BCUT2D eigenvalue weighted by atomic mass is 16.3. The molecule has 1 fully saturated rings. The van der Waals surface area contributed by atoms with Gasteiger partial charge in [0, 0.05) is 12.2 Å². The summed E-state index contributed by atoms with van der Waals surface area (Å²) in [6.07, 6.45) is 3.99. The first-order valence-corrected chi connectivity index (χ1v) is 7.44. The molecular formula is C16H24N2O2. The fraction of sp³-hybridized carbons (Fsp3) is 0.562. The van der Waals surface area contributed by atoms with Gasteiger partial charge in [-0.3, -0.25) is 4.79 Å². The molecule has 0 bridgehead atoms. The number of carbonyl (C=O) groups is 1. The highest BCUT2D eigenvalue weighted by molar-refractivity contribution is 5.94. The van der Waals surface area contributed by atoms with Crippen molar-refractivity contribution in [3.05, 3.63) is 30.3 Å². The number of carbonyl (C=O) groups excluding carboxylic acids is 1. The van der Waals surface area contributed by atoms with Gasteiger partial charge >= 0.3 is 0 Å². The summed E-state index contributed by atoms with van der Waals surface area (Å²) < 4.78 is 0. The average Bonchev–Trinajstić information content (AvgIpc) is 2.47. The number of aliphatic hydroxyl groups is 1. The number of amides is 1. The Labute approximate surface area is 120 Å². The van der Waals surface area contributed by atoms with Gasteiger partial charge in [0.2, 0.25) is 5.91 Å². The van der Waals surface area contributed by atoms with Crippen LogP contribution in [0.3, 0.4) is 0 Å². The van der Waals surface area contributed by atoms with Gasteiger partial charge in [0.15, 0.2) is 0 Å². The van der Waals surface area contributed by atoms with E-state index in [2.05, 4.69) is 10.6 Å². The molecular weight excluding hydrogens is 252 g/mol. The van der Waals surface area contributed by atoms with Gasteiger partial charge in [-0.2, -0.15) is 0 Å². The molecule has 2 rings (SSSR count). The first-order chi connectivity index (χ1) is 9.66. The van der Waals surface area contributed by atoms with Gasteiger partial charge in [0.25, 0.3) is 0 Å². The smallest absolute Gasteiger partial charge is 0.241 e. The van der Waals surface area contributed by atoms with E-state index in [9.17, 15) is 9.90 Å². The van der Waals surface area contributed by atoms with Gasteiger partial charge in [0.05, 0.1) is 12.1 Å². The number of anilines is 1. The molecule has 3 N–H and O–H groups in total. The molecule has 110 valence electrons. The second-order valence-electron chi connectivity index (χ2n) is 5.60. The summed E-state index contributed by atoms with van der Waals surface area (Å²) in [5, 5.41) is 16.0. The zero-order chi connectivity index (χ0) is 14.4. The van der Waals surface area contributed by atoms with E-state index >= 15 is 0 Å². The highest BCUT2D eigenvalue weighted by Crippen LogP contribution is 2.23. The van der Waals surface area contributed by atoms with E-state index in [0.29, 0.717) is 6.54 Å². The summed E-state index contributed by atoms with van der Waals surface area (Å²) in [6.45, 7) is 2.55. The maximum atomic E-state index is 12.0. The molecule has 20 heavy (non-hydrogen) atoms. The molecule has 3 atom stereocenters. The van der Waals surface area contributed by atoms with Crippen LogP contribution >= 0.6 is 0 Å². The summed E-state index contributed by atoms with van der Waals surface area (Å²) in [5.41, 5.74) is 0.809. The Bertz CT molecular complexity index is 422. The first kappa shape index (κ1) is 15.0. The van der Waals surface area contributed by atoms with E-state index in [1.54, 1.807) is 0 Å². The monoisotopic (exact) mass is 276 g/mol. The van der Waals surface area contributed by atoms with Crippen LogP contribution in [0.5, 0.6) is 0 Å². The van der Waals surface area contributed by atoms with Crippen molar-refractivity contribution in [2.75, 3.05) is 11.9 Å². The number of rotatable bonds is 5. The maximum absolute atomic E-state index is 12.0. The van der Waals surface area contributed by atoms with E-state index in [-0.39, 0.29) is 24.0 Å². The standard InChI is InChI=1S/C16H24N2O2/c1-12(16(20)18-14-8-3-2-4-9-14)17-11-13-7-5-6-10-15(13)19/h2-4,8-9,12-13,15,17,19H,5-7,10-11H2,1H3,(H,18,20). The Hall–Kier alpha value is -1.39. The van der Waals surface area contributed by atoms with Crippen molar-refractivity contribution in [1.82, 2.24) is 5.32 Å². The molecule has 1 saturated carbocycles. The van der Waals surface area contributed by atoms with Crippen molar-refractivity contribution < 1.29 is 9.90 Å². The second-order valence-corrected chi connectivity index (χ2v) is 5.60. The zero-order valence-corrected chi connectivity index (χ0v) is 12.0. The third-order valence-corrected chi connectivity index (χ3v) is 3.99. The number of hydrogen-bond acceptors (Lipinski definition) is 3. The van der Waals surface area contributed by atoms with Gasteiger partial charge in [-0.15, -0.1) is 0 Å². The lowest BCUT2D eigenvalue weighted by molar-refractivity contribution is -0.117. The molecule has 0 aliphatic heterocycles. The predicted octanol–water partition coefficient (Wildman–Crippen LogP) is 2.15. The third-order valence-electron chi connectivity index (χ3n) is 3.99. The van der Waals surface area contributed by atoms with Crippen molar-refractivity contribution in [3.63, 3.8) is 0 Å². The van der Waals surface area contributed by atoms with Crippen molar-refractivity contribution in [2.45, 2.75) is 44.8 Å². The van der Waals surface area contributed by atoms with Crippen molar-refractivity contribution in [3.8, 4) is 0 Å². The number of para-hydroxylation sites is 1. The van der Waals surface area contributed by atoms with Crippen LogP contribution in [0.15, 0.2) is 30.3 Å².